The van der Waals surface area contributed by atoms with E-state index in [9.17, 15) is 4.79 Å². The van der Waals surface area contributed by atoms with Crippen molar-refractivity contribution in [2.45, 2.75) is 24.7 Å². The Morgan fingerprint density at radius 2 is 2.14 bits per heavy atom. The van der Waals surface area contributed by atoms with Crippen molar-refractivity contribution in [1.29, 1.82) is 0 Å². The van der Waals surface area contributed by atoms with Crippen LogP contribution in [0.4, 0.5) is 23.0 Å². The van der Waals surface area contributed by atoms with Gasteiger partial charge in [0.25, 0.3) is 0 Å². The quantitative estimate of drug-likeness (QED) is 0.475. The molecule has 0 aliphatic carbocycles. The Morgan fingerprint density at radius 3 is 2.91 bits per heavy atom. The smallest absolute Gasteiger partial charge is 0.247 e. The fraction of sp³-hybridized carbons (Fsp3) is 0.458. The lowest BCUT2D eigenvalue weighted by molar-refractivity contribution is -0.111. The second-order valence-electron chi connectivity index (χ2n) is 8.77. The zero-order valence-electron chi connectivity index (χ0n) is 20.2. The number of aromatic nitrogens is 2. The summed E-state index contributed by atoms with van der Waals surface area (Å²) in [5.41, 5.74) is 2.20. The molecule has 3 atom stereocenters. The van der Waals surface area contributed by atoms with Crippen molar-refractivity contribution in [3.8, 4) is 5.88 Å². The number of carbonyl (C=O) groups excluding carboxylic acids is 1. The standard InChI is InChI=1S/C24H31ClN6O4/c1-5-21(32)28-17-12-15(6-7-18(17)31(4)10-9-30(2)3)27-24-26-13-16(25)23(29-24)35-20-14-34-19-8-11-33-22(19)20/h5-7,12-13,19-20,22H,1,8-11,14H2,2-4H3,(H,28,32)(H,26,27,29)/t19-,20-,22+/m1/s1. The minimum atomic E-state index is -0.297. The van der Waals surface area contributed by atoms with Crippen LogP contribution in [0.1, 0.15) is 6.42 Å². The topological polar surface area (TPSA) is 101 Å². The van der Waals surface area contributed by atoms with E-state index in [1.807, 2.05) is 39.3 Å². The number of ether oxygens (including phenoxy) is 3. The minimum Gasteiger partial charge on any atom is -0.468 e. The van der Waals surface area contributed by atoms with Crippen molar-refractivity contribution < 1.29 is 19.0 Å². The van der Waals surface area contributed by atoms with Crippen LogP contribution in [0.25, 0.3) is 0 Å². The highest BCUT2D eigenvalue weighted by atomic mass is 35.5. The highest BCUT2D eigenvalue weighted by Gasteiger charge is 2.43. The van der Waals surface area contributed by atoms with E-state index in [1.165, 1.54) is 12.3 Å². The third-order valence-corrected chi connectivity index (χ3v) is 6.14. The van der Waals surface area contributed by atoms with Gasteiger partial charge in [0.1, 0.15) is 11.1 Å². The molecule has 0 unspecified atom stereocenters. The summed E-state index contributed by atoms with van der Waals surface area (Å²) in [4.78, 5) is 25.0. The average molecular weight is 503 g/mol. The molecule has 2 saturated heterocycles. The van der Waals surface area contributed by atoms with Gasteiger partial charge in [-0.05, 0) is 44.8 Å². The molecule has 1 aromatic heterocycles. The lowest BCUT2D eigenvalue weighted by Gasteiger charge is -2.24. The van der Waals surface area contributed by atoms with Crippen LogP contribution in [-0.4, -0.2) is 86.5 Å². The molecule has 4 rings (SSSR count). The maximum absolute atomic E-state index is 12.1. The van der Waals surface area contributed by atoms with Gasteiger partial charge in [-0.2, -0.15) is 4.98 Å². The van der Waals surface area contributed by atoms with E-state index >= 15 is 0 Å². The van der Waals surface area contributed by atoms with Crippen LogP contribution in [0.3, 0.4) is 0 Å². The van der Waals surface area contributed by atoms with Crippen molar-refractivity contribution in [3.63, 3.8) is 0 Å². The van der Waals surface area contributed by atoms with Gasteiger partial charge in [0.05, 0.1) is 30.3 Å². The summed E-state index contributed by atoms with van der Waals surface area (Å²) in [7, 11) is 6.02. The number of hydrogen-bond donors (Lipinski definition) is 2. The Labute approximate surface area is 210 Å². The number of anilines is 4. The van der Waals surface area contributed by atoms with E-state index in [2.05, 4.69) is 37.0 Å². The highest BCUT2D eigenvalue weighted by Crippen LogP contribution is 2.33. The van der Waals surface area contributed by atoms with Crippen molar-refractivity contribution in [1.82, 2.24) is 14.9 Å². The van der Waals surface area contributed by atoms with Crippen LogP contribution >= 0.6 is 11.6 Å². The van der Waals surface area contributed by atoms with Crippen molar-refractivity contribution in [3.05, 3.63) is 42.1 Å². The SMILES string of the molecule is C=CC(=O)Nc1cc(Nc2ncc(Cl)c(O[C@@H]3CO[C@@H]4CCO[C@@H]43)n2)ccc1N(C)CCN(C)C. The van der Waals surface area contributed by atoms with Gasteiger partial charge in [-0.15, -0.1) is 0 Å². The third kappa shape index (κ3) is 6.21. The van der Waals surface area contributed by atoms with Gasteiger partial charge in [0.2, 0.25) is 17.7 Å². The van der Waals surface area contributed by atoms with E-state index in [-0.39, 0.29) is 30.1 Å². The monoisotopic (exact) mass is 502 g/mol. The van der Waals surface area contributed by atoms with E-state index in [1.54, 1.807) is 0 Å². The van der Waals surface area contributed by atoms with Crippen LogP contribution in [0, 0.1) is 0 Å². The number of likely N-dealkylation sites (N-methyl/N-ethyl adjacent to an activating group) is 2. The van der Waals surface area contributed by atoms with Crippen LogP contribution in [-0.2, 0) is 14.3 Å². The summed E-state index contributed by atoms with van der Waals surface area (Å²) in [6.07, 6.45) is 3.24. The molecule has 0 bridgehead atoms. The molecule has 2 fully saturated rings. The lowest BCUT2D eigenvalue weighted by atomic mass is 10.1. The zero-order valence-corrected chi connectivity index (χ0v) is 20.9. The summed E-state index contributed by atoms with van der Waals surface area (Å²) in [5, 5.41) is 6.34. The van der Waals surface area contributed by atoms with Crippen molar-refractivity contribution in [2.24, 2.45) is 0 Å². The van der Waals surface area contributed by atoms with Crippen molar-refractivity contribution >= 4 is 40.5 Å². The van der Waals surface area contributed by atoms with Crippen LogP contribution in [0.2, 0.25) is 5.02 Å². The third-order valence-electron chi connectivity index (χ3n) is 5.88. The molecule has 2 aliphatic rings. The summed E-state index contributed by atoms with van der Waals surface area (Å²) in [6, 6.07) is 5.64. The minimum absolute atomic E-state index is 0.0526. The van der Waals surface area contributed by atoms with Gasteiger partial charge >= 0.3 is 0 Å². The molecular weight excluding hydrogens is 472 g/mol. The van der Waals surface area contributed by atoms with Gasteiger partial charge in [-0.25, -0.2) is 4.98 Å². The van der Waals surface area contributed by atoms with Gasteiger partial charge in [0, 0.05) is 32.4 Å². The first-order valence-corrected chi connectivity index (χ1v) is 11.8. The fourth-order valence-corrected chi connectivity index (χ4v) is 4.13. The molecule has 0 radical (unpaired) electrons. The number of hydrogen-bond acceptors (Lipinski definition) is 9. The lowest BCUT2D eigenvalue weighted by Crippen LogP contribution is -2.32. The molecular formula is C24H31ClN6O4. The van der Waals surface area contributed by atoms with E-state index in [0.717, 1.165) is 25.2 Å². The Balaban J connectivity index is 1.51. The second kappa shape index (κ2) is 11.2. The van der Waals surface area contributed by atoms with Crippen LogP contribution in [0.15, 0.2) is 37.1 Å². The predicted molar refractivity (Wildman–Crippen MR) is 136 cm³/mol. The normalized spacial score (nSPS) is 21.0. The maximum Gasteiger partial charge on any atom is 0.247 e. The molecule has 2 N–H and O–H groups in total. The number of benzene rings is 1. The molecule has 0 saturated carbocycles. The molecule has 11 heteroatoms. The van der Waals surface area contributed by atoms with E-state index in [0.29, 0.717) is 35.6 Å². The first kappa shape index (κ1) is 25.2. The first-order chi connectivity index (χ1) is 16.8. The number of fused-ring (bicyclic) bond motifs is 1. The van der Waals surface area contributed by atoms with Crippen LogP contribution in [0.5, 0.6) is 5.88 Å². The molecule has 2 aromatic rings. The Bertz CT molecular complexity index is 1070. The molecule has 35 heavy (non-hydrogen) atoms. The molecule has 0 spiro atoms. The second-order valence-corrected chi connectivity index (χ2v) is 9.18. The number of halogens is 1. The molecule has 188 valence electrons. The maximum atomic E-state index is 12.1. The number of rotatable bonds is 10. The van der Waals surface area contributed by atoms with Gasteiger partial charge in [-0.3, -0.25) is 4.79 Å². The molecule has 2 aliphatic heterocycles. The molecule has 3 heterocycles. The Morgan fingerprint density at radius 1 is 1.31 bits per heavy atom. The molecule has 10 nitrogen and oxygen atoms in total. The van der Waals surface area contributed by atoms with E-state index < -0.39 is 0 Å². The Hall–Kier alpha value is -2.92. The number of amides is 1. The number of nitrogens with zero attached hydrogens (tertiary/aromatic N) is 4. The van der Waals surface area contributed by atoms with Gasteiger partial charge < -0.3 is 34.6 Å². The predicted octanol–water partition coefficient (Wildman–Crippen LogP) is 2.93. The zero-order chi connectivity index (χ0) is 24.9. The molecule has 1 aromatic carbocycles. The van der Waals surface area contributed by atoms with Gasteiger partial charge in [-0.1, -0.05) is 18.2 Å². The van der Waals surface area contributed by atoms with E-state index in [4.69, 9.17) is 25.8 Å². The largest absolute Gasteiger partial charge is 0.468 e. The summed E-state index contributed by atoms with van der Waals surface area (Å²) in [5.74, 6) is 0.269. The summed E-state index contributed by atoms with van der Waals surface area (Å²) < 4.78 is 17.5. The first-order valence-electron chi connectivity index (χ1n) is 11.5. The highest BCUT2D eigenvalue weighted by molar-refractivity contribution is 6.31. The van der Waals surface area contributed by atoms with Crippen LogP contribution < -0.4 is 20.3 Å². The fourth-order valence-electron chi connectivity index (χ4n) is 4.00. The number of nitrogens with one attached hydrogen (secondary N) is 2. The molecule has 1 amide bonds. The average Bonchev–Trinajstić information content (AvgIpc) is 3.45. The Kier molecular flexibility index (Phi) is 8.07. The van der Waals surface area contributed by atoms with Gasteiger partial charge in [0.15, 0.2) is 6.10 Å². The number of carbonyl (C=O) groups is 1. The van der Waals surface area contributed by atoms with Crippen molar-refractivity contribution in [2.75, 3.05) is 63.0 Å². The summed E-state index contributed by atoms with van der Waals surface area (Å²) >= 11 is 6.30. The summed E-state index contributed by atoms with van der Waals surface area (Å²) in [6.45, 7) is 6.28.